The topological polar surface area (TPSA) is 57.9 Å². The zero-order valence-corrected chi connectivity index (χ0v) is 20.0. The lowest BCUT2D eigenvalue weighted by atomic mass is 9.99. The van der Waals surface area contributed by atoms with Crippen molar-refractivity contribution in [3.05, 3.63) is 73.6 Å². The first-order valence-electron chi connectivity index (χ1n) is 9.35. The van der Waals surface area contributed by atoms with Gasteiger partial charge in [-0.15, -0.1) is 0 Å². The van der Waals surface area contributed by atoms with Crippen molar-refractivity contribution in [3.63, 3.8) is 0 Å². The van der Waals surface area contributed by atoms with E-state index in [1.807, 2.05) is 32.9 Å². The summed E-state index contributed by atoms with van der Waals surface area (Å²) in [4.78, 5) is 12.7. The lowest BCUT2D eigenvalue weighted by Gasteiger charge is -2.21. The van der Waals surface area contributed by atoms with E-state index >= 15 is 0 Å². The largest absolute Gasteiger partial charge is 0.424 e. The van der Waals surface area contributed by atoms with Crippen LogP contribution in [-0.2, 0) is 27.3 Å². The quantitative estimate of drug-likeness (QED) is 0.261. The van der Waals surface area contributed by atoms with Crippen LogP contribution in [-0.4, -0.2) is 13.2 Å². The molecular formula is C21H21Cl2O5PS. The summed E-state index contributed by atoms with van der Waals surface area (Å²) in [6.07, 6.45) is 0.384. The Kier molecular flexibility index (Phi) is 7.61. The molecule has 0 aliphatic heterocycles. The highest BCUT2D eigenvalue weighted by atomic mass is 35.5. The Balaban J connectivity index is 1.96. The highest BCUT2D eigenvalue weighted by Gasteiger charge is 2.22. The molecule has 0 N–H and O–H groups in total. The summed E-state index contributed by atoms with van der Waals surface area (Å²) in [6.45, 7) is 3.36. The molecule has 0 unspecified atom stereocenters. The summed E-state index contributed by atoms with van der Waals surface area (Å²) in [5, 5.41) is 1.71. The van der Waals surface area contributed by atoms with E-state index in [0.717, 1.165) is 16.5 Å². The second-order valence-corrected chi connectivity index (χ2v) is 10.2. The number of hydrogen-bond acceptors (Lipinski definition) is 6. The minimum absolute atomic E-state index is 0.372. The summed E-state index contributed by atoms with van der Waals surface area (Å²) in [5.41, 5.74) is 2.24. The van der Waals surface area contributed by atoms with Gasteiger partial charge in [-0.25, -0.2) is 4.79 Å². The maximum absolute atomic E-state index is 12.7. The van der Waals surface area contributed by atoms with Crippen molar-refractivity contribution >= 4 is 52.7 Å². The summed E-state index contributed by atoms with van der Waals surface area (Å²) in [7, 11) is 0. The van der Waals surface area contributed by atoms with Gasteiger partial charge in [-0.3, -0.25) is 9.05 Å². The lowest BCUT2D eigenvalue weighted by molar-refractivity contribution is 0.218. The molecule has 2 aromatic carbocycles. The van der Waals surface area contributed by atoms with Crippen LogP contribution in [0.5, 0.6) is 5.75 Å². The maximum Gasteiger partial charge on any atom is 0.380 e. The Hall–Kier alpha value is -1.40. The molecule has 30 heavy (non-hydrogen) atoms. The minimum Gasteiger partial charge on any atom is -0.424 e. The zero-order valence-electron chi connectivity index (χ0n) is 16.7. The van der Waals surface area contributed by atoms with Crippen LogP contribution in [0.15, 0.2) is 45.6 Å². The molecule has 0 spiro atoms. The maximum atomic E-state index is 12.7. The molecular weight excluding hydrogens is 466 g/mol. The molecule has 1 aromatic heterocycles. The second kappa shape index (κ2) is 9.82. The standard InChI is InChI=1S/C21H21Cl2O5PS/c1-4-25-29(30,26-5-2)28-15-7-8-16-13(3)17(21(24)27-20(16)12-15)10-14-6-9-18(22)19(23)11-14/h6-9,11-12H,4-5,10H2,1-3H3. The van der Waals surface area contributed by atoms with Crippen molar-refractivity contribution in [3.8, 4) is 5.75 Å². The molecule has 9 heteroatoms. The van der Waals surface area contributed by atoms with E-state index in [0.29, 0.717) is 46.6 Å². The van der Waals surface area contributed by atoms with Gasteiger partial charge in [0.25, 0.3) is 0 Å². The van der Waals surface area contributed by atoms with Crippen LogP contribution in [0.25, 0.3) is 11.0 Å². The van der Waals surface area contributed by atoms with Gasteiger partial charge in [-0.2, -0.15) is 0 Å². The van der Waals surface area contributed by atoms with E-state index in [1.54, 1.807) is 24.3 Å². The highest BCUT2D eigenvalue weighted by molar-refractivity contribution is 8.07. The third kappa shape index (κ3) is 5.25. The van der Waals surface area contributed by atoms with Crippen molar-refractivity contribution in [1.82, 2.24) is 0 Å². The molecule has 0 saturated heterocycles. The van der Waals surface area contributed by atoms with Gasteiger partial charge in [0.1, 0.15) is 11.3 Å². The van der Waals surface area contributed by atoms with Gasteiger partial charge in [0, 0.05) is 35.2 Å². The fraction of sp³-hybridized carbons (Fsp3) is 0.286. The molecule has 1 heterocycles. The van der Waals surface area contributed by atoms with Gasteiger partial charge in [-0.05, 0) is 56.2 Å². The molecule has 5 nitrogen and oxygen atoms in total. The molecule has 0 aliphatic rings. The summed E-state index contributed by atoms with van der Waals surface area (Å²) in [5.74, 6) is 0.424. The van der Waals surface area contributed by atoms with Gasteiger partial charge >= 0.3 is 12.3 Å². The van der Waals surface area contributed by atoms with Crippen LogP contribution in [0.1, 0.15) is 30.5 Å². The number of halogens is 2. The van der Waals surface area contributed by atoms with Gasteiger partial charge in [-0.1, -0.05) is 29.3 Å². The smallest absolute Gasteiger partial charge is 0.380 e. The van der Waals surface area contributed by atoms with Crippen LogP contribution in [0.2, 0.25) is 10.0 Å². The first kappa shape index (κ1) is 23.3. The van der Waals surface area contributed by atoms with Crippen LogP contribution < -0.4 is 10.1 Å². The number of aryl methyl sites for hydroxylation is 1. The van der Waals surface area contributed by atoms with E-state index in [1.165, 1.54) is 0 Å². The minimum atomic E-state index is -2.92. The first-order chi connectivity index (χ1) is 14.3. The highest BCUT2D eigenvalue weighted by Crippen LogP contribution is 2.50. The fourth-order valence-corrected chi connectivity index (χ4v) is 5.42. The molecule has 3 aromatic rings. The lowest BCUT2D eigenvalue weighted by Crippen LogP contribution is -2.11. The Morgan fingerprint density at radius 1 is 1.03 bits per heavy atom. The molecule has 0 aliphatic carbocycles. The van der Waals surface area contributed by atoms with Crippen LogP contribution in [0, 0.1) is 6.92 Å². The Morgan fingerprint density at radius 3 is 2.37 bits per heavy atom. The van der Waals surface area contributed by atoms with Crippen molar-refractivity contribution in [1.29, 1.82) is 0 Å². The Labute approximate surface area is 190 Å². The van der Waals surface area contributed by atoms with E-state index in [-0.39, 0.29) is 0 Å². The molecule has 0 atom stereocenters. The van der Waals surface area contributed by atoms with Crippen LogP contribution in [0.4, 0.5) is 0 Å². The van der Waals surface area contributed by atoms with Crippen molar-refractivity contribution in [2.75, 3.05) is 13.2 Å². The van der Waals surface area contributed by atoms with Crippen molar-refractivity contribution in [2.24, 2.45) is 0 Å². The van der Waals surface area contributed by atoms with Crippen molar-refractivity contribution < 1.29 is 18.0 Å². The average molecular weight is 487 g/mol. The Morgan fingerprint density at radius 2 is 1.73 bits per heavy atom. The molecule has 0 radical (unpaired) electrons. The third-order valence-electron chi connectivity index (χ3n) is 4.42. The van der Waals surface area contributed by atoms with Crippen LogP contribution in [0.3, 0.4) is 0 Å². The van der Waals surface area contributed by atoms with Gasteiger partial charge < -0.3 is 8.94 Å². The molecule has 0 amide bonds. The van der Waals surface area contributed by atoms with E-state index in [2.05, 4.69) is 0 Å². The van der Waals surface area contributed by atoms with Crippen LogP contribution >= 0.6 is 29.9 Å². The Bertz CT molecular complexity index is 1170. The predicted molar refractivity (Wildman–Crippen MR) is 125 cm³/mol. The number of benzene rings is 2. The molecule has 160 valence electrons. The molecule has 0 fully saturated rings. The second-order valence-electron chi connectivity index (χ2n) is 6.45. The van der Waals surface area contributed by atoms with Gasteiger partial charge in [0.05, 0.1) is 23.3 Å². The molecule has 0 bridgehead atoms. The average Bonchev–Trinajstić information content (AvgIpc) is 2.68. The molecule has 3 rings (SSSR count). The normalized spacial score (nSPS) is 11.8. The number of rotatable bonds is 8. The fourth-order valence-electron chi connectivity index (χ4n) is 3.02. The predicted octanol–water partition coefficient (Wildman–Crippen LogP) is 6.68. The summed E-state index contributed by atoms with van der Waals surface area (Å²) < 4.78 is 22.4. The monoisotopic (exact) mass is 486 g/mol. The van der Waals surface area contributed by atoms with E-state index in [4.69, 9.17) is 53.0 Å². The van der Waals surface area contributed by atoms with E-state index in [9.17, 15) is 4.79 Å². The van der Waals surface area contributed by atoms with Crippen molar-refractivity contribution in [2.45, 2.75) is 27.2 Å². The zero-order chi connectivity index (χ0) is 21.9. The number of fused-ring (bicyclic) bond motifs is 1. The van der Waals surface area contributed by atoms with Gasteiger partial charge in [0.15, 0.2) is 0 Å². The summed E-state index contributed by atoms with van der Waals surface area (Å²) in [6, 6.07) is 10.5. The van der Waals surface area contributed by atoms with Gasteiger partial charge in [0.2, 0.25) is 0 Å². The first-order valence-corrected chi connectivity index (χ1v) is 12.7. The summed E-state index contributed by atoms with van der Waals surface area (Å²) >= 11 is 17.5. The van der Waals surface area contributed by atoms with E-state index < -0.39 is 12.3 Å². The number of hydrogen-bond donors (Lipinski definition) is 0. The third-order valence-corrected chi connectivity index (χ3v) is 7.59. The SMILES string of the molecule is CCOP(=S)(OCC)Oc1ccc2c(C)c(Cc3ccc(Cl)c(Cl)c3)c(=O)oc2c1. The molecule has 0 saturated carbocycles.